The van der Waals surface area contributed by atoms with E-state index in [2.05, 4.69) is 43.1 Å². The molecule has 2 heterocycles. The number of aryl methyl sites for hydroxylation is 2. The first-order valence-corrected chi connectivity index (χ1v) is 9.69. The van der Waals surface area contributed by atoms with Gasteiger partial charge in [0.25, 0.3) is 0 Å². The summed E-state index contributed by atoms with van der Waals surface area (Å²) in [5.74, 6) is 1.44. The number of carbonyl (C=O) groups is 1. The van der Waals surface area contributed by atoms with Crippen LogP contribution in [0.3, 0.4) is 0 Å². The molecule has 0 radical (unpaired) electrons. The Balaban J connectivity index is 1.93. The largest absolute Gasteiger partial charge is 0.342 e. The molecule has 0 saturated carbocycles. The van der Waals surface area contributed by atoms with Crippen molar-refractivity contribution in [1.29, 1.82) is 0 Å². The highest BCUT2D eigenvalue weighted by Gasteiger charge is 2.29. The SMILES string of the molecule is CCC(C)C(=O)N1CCCC(c2nc(C)ncc2-c2cccc(C)c2)C1. The van der Waals surface area contributed by atoms with Crippen molar-refractivity contribution >= 4 is 5.91 Å². The van der Waals surface area contributed by atoms with E-state index in [1.807, 2.05) is 24.9 Å². The van der Waals surface area contributed by atoms with Crippen LogP contribution >= 0.6 is 0 Å². The zero-order valence-electron chi connectivity index (χ0n) is 16.3. The highest BCUT2D eigenvalue weighted by atomic mass is 16.2. The topological polar surface area (TPSA) is 46.1 Å². The maximum absolute atomic E-state index is 12.7. The molecule has 0 bridgehead atoms. The highest BCUT2D eigenvalue weighted by molar-refractivity contribution is 5.78. The molecule has 1 saturated heterocycles. The van der Waals surface area contributed by atoms with Crippen LogP contribution in [0, 0.1) is 19.8 Å². The number of nitrogens with zero attached hydrogens (tertiary/aromatic N) is 3. The van der Waals surface area contributed by atoms with Gasteiger partial charge in [0.2, 0.25) is 5.91 Å². The second-order valence-corrected chi connectivity index (χ2v) is 7.52. The molecule has 0 aliphatic carbocycles. The molecule has 4 nitrogen and oxygen atoms in total. The number of aromatic nitrogens is 2. The van der Waals surface area contributed by atoms with Crippen molar-refractivity contribution in [3.63, 3.8) is 0 Å². The van der Waals surface area contributed by atoms with Gasteiger partial charge in [-0.25, -0.2) is 9.97 Å². The lowest BCUT2D eigenvalue weighted by Gasteiger charge is -2.34. The number of piperidine rings is 1. The Hall–Kier alpha value is -2.23. The Morgan fingerprint density at radius 3 is 2.88 bits per heavy atom. The van der Waals surface area contributed by atoms with Gasteiger partial charge in [0, 0.05) is 36.7 Å². The molecule has 2 unspecified atom stereocenters. The normalized spacial score (nSPS) is 18.6. The van der Waals surface area contributed by atoms with Crippen molar-refractivity contribution in [3.05, 3.63) is 47.5 Å². The molecule has 1 aliphatic heterocycles. The molecule has 2 atom stereocenters. The van der Waals surface area contributed by atoms with Crippen LogP contribution in [0.4, 0.5) is 0 Å². The lowest BCUT2D eigenvalue weighted by molar-refractivity contribution is -0.136. The van der Waals surface area contributed by atoms with Crippen LogP contribution in [0.2, 0.25) is 0 Å². The third-order valence-corrected chi connectivity index (χ3v) is 5.42. The van der Waals surface area contributed by atoms with E-state index in [4.69, 9.17) is 4.98 Å². The summed E-state index contributed by atoms with van der Waals surface area (Å²) in [6.07, 6.45) is 4.94. The molecule has 1 fully saturated rings. The Bertz CT molecular complexity index is 787. The fourth-order valence-corrected chi connectivity index (χ4v) is 3.72. The van der Waals surface area contributed by atoms with Gasteiger partial charge in [-0.3, -0.25) is 4.79 Å². The van der Waals surface area contributed by atoms with E-state index < -0.39 is 0 Å². The monoisotopic (exact) mass is 351 g/mol. The molecule has 138 valence electrons. The fourth-order valence-electron chi connectivity index (χ4n) is 3.72. The Morgan fingerprint density at radius 1 is 1.35 bits per heavy atom. The second kappa shape index (κ2) is 7.98. The summed E-state index contributed by atoms with van der Waals surface area (Å²) >= 11 is 0. The molecule has 1 aliphatic rings. The number of rotatable bonds is 4. The zero-order valence-corrected chi connectivity index (χ0v) is 16.3. The maximum Gasteiger partial charge on any atom is 0.225 e. The van der Waals surface area contributed by atoms with Crippen LogP contribution < -0.4 is 0 Å². The predicted molar refractivity (Wildman–Crippen MR) is 105 cm³/mol. The van der Waals surface area contributed by atoms with Crippen LogP contribution in [0.15, 0.2) is 30.5 Å². The number of benzene rings is 1. The van der Waals surface area contributed by atoms with E-state index in [-0.39, 0.29) is 17.7 Å². The lowest BCUT2D eigenvalue weighted by Crippen LogP contribution is -2.42. The average Bonchev–Trinajstić information content (AvgIpc) is 2.66. The van der Waals surface area contributed by atoms with Crippen LogP contribution in [-0.4, -0.2) is 33.9 Å². The smallest absolute Gasteiger partial charge is 0.225 e. The molecule has 2 aromatic rings. The minimum atomic E-state index is 0.0946. The third kappa shape index (κ3) is 3.95. The summed E-state index contributed by atoms with van der Waals surface area (Å²) in [5, 5.41) is 0. The molecule has 4 heteroatoms. The highest BCUT2D eigenvalue weighted by Crippen LogP contribution is 2.33. The van der Waals surface area contributed by atoms with Gasteiger partial charge in [0.1, 0.15) is 5.82 Å². The van der Waals surface area contributed by atoms with Crippen molar-refractivity contribution < 1.29 is 4.79 Å². The average molecular weight is 351 g/mol. The van der Waals surface area contributed by atoms with Crippen molar-refractivity contribution in [2.75, 3.05) is 13.1 Å². The Labute approximate surface area is 156 Å². The van der Waals surface area contributed by atoms with Gasteiger partial charge in [0.15, 0.2) is 0 Å². The zero-order chi connectivity index (χ0) is 18.7. The number of carbonyl (C=O) groups excluding carboxylic acids is 1. The molecule has 0 N–H and O–H groups in total. The van der Waals surface area contributed by atoms with Crippen molar-refractivity contribution in [2.24, 2.45) is 5.92 Å². The van der Waals surface area contributed by atoms with Crippen LogP contribution in [0.5, 0.6) is 0 Å². The second-order valence-electron chi connectivity index (χ2n) is 7.52. The van der Waals surface area contributed by atoms with E-state index in [9.17, 15) is 4.79 Å². The van der Waals surface area contributed by atoms with Crippen molar-refractivity contribution in [3.8, 4) is 11.1 Å². The summed E-state index contributed by atoms with van der Waals surface area (Å²) in [6, 6.07) is 8.48. The minimum absolute atomic E-state index is 0.0946. The van der Waals surface area contributed by atoms with Gasteiger partial charge in [-0.05, 0) is 38.7 Å². The molecular weight excluding hydrogens is 322 g/mol. The first kappa shape index (κ1) is 18.6. The minimum Gasteiger partial charge on any atom is -0.342 e. The van der Waals surface area contributed by atoms with Gasteiger partial charge >= 0.3 is 0 Å². The van der Waals surface area contributed by atoms with E-state index >= 15 is 0 Å². The van der Waals surface area contributed by atoms with E-state index in [0.29, 0.717) is 0 Å². The van der Waals surface area contributed by atoms with E-state index in [0.717, 1.165) is 55.0 Å². The summed E-state index contributed by atoms with van der Waals surface area (Å²) in [6.45, 7) is 9.77. The van der Waals surface area contributed by atoms with Crippen molar-refractivity contribution in [2.45, 2.75) is 52.9 Å². The van der Waals surface area contributed by atoms with Crippen LogP contribution in [0.1, 0.15) is 56.1 Å². The summed E-state index contributed by atoms with van der Waals surface area (Å²) in [4.78, 5) is 24.0. The predicted octanol–water partition coefficient (Wildman–Crippen LogP) is 4.51. The molecule has 0 spiro atoms. The number of hydrogen-bond acceptors (Lipinski definition) is 3. The van der Waals surface area contributed by atoms with Gasteiger partial charge in [-0.15, -0.1) is 0 Å². The number of hydrogen-bond donors (Lipinski definition) is 0. The van der Waals surface area contributed by atoms with Gasteiger partial charge in [0.05, 0.1) is 5.69 Å². The van der Waals surface area contributed by atoms with Gasteiger partial charge in [-0.2, -0.15) is 0 Å². The molecular formula is C22H29N3O. The Morgan fingerprint density at radius 2 is 2.15 bits per heavy atom. The lowest BCUT2D eigenvalue weighted by atomic mass is 9.89. The first-order valence-electron chi connectivity index (χ1n) is 9.69. The summed E-state index contributed by atoms with van der Waals surface area (Å²) in [5.41, 5.74) is 4.57. The Kier molecular flexibility index (Phi) is 5.70. The molecule has 26 heavy (non-hydrogen) atoms. The van der Waals surface area contributed by atoms with Crippen molar-refractivity contribution in [1.82, 2.24) is 14.9 Å². The van der Waals surface area contributed by atoms with E-state index in [1.165, 1.54) is 5.56 Å². The number of amides is 1. The van der Waals surface area contributed by atoms with E-state index in [1.54, 1.807) is 0 Å². The van der Waals surface area contributed by atoms with Gasteiger partial charge in [-0.1, -0.05) is 43.7 Å². The van der Waals surface area contributed by atoms with Gasteiger partial charge < -0.3 is 4.90 Å². The molecule has 3 rings (SSSR count). The van der Waals surface area contributed by atoms with Crippen LogP contribution in [-0.2, 0) is 4.79 Å². The molecule has 1 aromatic carbocycles. The number of likely N-dealkylation sites (tertiary alicyclic amines) is 1. The quantitative estimate of drug-likeness (QED) is 0.814. The molecule has 1 aromatic heterocycles. The standard InChI is InChI=1S/C22H29N3O/c1-5-16(3)22(26)25-11-7-10-19(14-25)21-20(13-23-17(4)24-21)18-9-6-8-15(2)12-18/h6,8-9,12-13,16,19H,5,7,10-11,14H2,1-4H3. The molecule has 1 amide bonds. The summed E-state index contributed by atoms with van der Waals surface area (Å²) in [7, 11) is 0. The first-order chi connectivity index (χ1) is 12.5. The maximum atomic E-state index is 12.7. The summed E-state index contributed by atoms with van der Waals surface area (Å²) < 4.78 is 0. The van der Waals surface area contributed by atoms with Crippen LogP contribution in [0.25, 0.3) is 11.1 Å². The third-order valence-electron chi connectivity index (χ3n) is 5.42. The fraction of sp³-hybridized carbons (Fsp3) is 0.500.